The molecule has 4 rings (SSSR count). The van der Waals surface area contributed by atoms with Gasteiger partial charge in [-0.1, -0.05) is 0 Å². The number of fused-ring (bicyclic) bond motifs is 1. The van der Waals surface area contributed by atoms with Gasteiger partial charge in [-0.3, -0.25) is 0 Å². The molecule has 0 saturated carbocycles. The normalized spacial score (nSPS) is 17.8. The molecule has 1 fully saturated rings. The predicted octanol–water partition coefficient (Wildman–Crippen LogP) is 0.689. The van der Waals surface area contributed by atoms with Gasteiger partial charge in [0, 0.05) is 31.5 Å². The summed E-state index contributed by atoms with van der Waals surface area (Å²) in [4.78, 5) is 19.5. The summed E-state index contributed by atoms with van der Waals surface area (Å²) in [5.74, 6) is 1.53. The first kappa shape index (κ1) is 15.7. The largest absolute Gasteiger partial charge is 0.394 e. The number of nitrogens with one attached hydrogen (secondary N) is 1. The summed E-state index contributed by atoms with van der Waals surface area (Å²) in [5, 5.41) is 17.8. The van der Waals surface area contributed by atoms with Crippen molar-refractivity contribution in [3.63, 3.8) is 0 Å². The first-order valence-electron chi connectivity index (χ1n) is 8.41. The van der Waals surface area contributed by atoms with Gasteiger partial charge in [-0.2, -0.15) is 5.10 Å². The van der Waals surface area contributed by atoms with E-state index in [1.165, 1.54) is 6.33 Å². The van der Waals surface area contributed by atoms with E-state index in [4.69, 9.17) is 5.11 Å². The van der Waals surface area contributed by atoms with Gasteiger partial charge in [-0.25, -0.2) is 24.6 Å². The summed E-state index contributed by atoms with van der Waals surface area (Å²) in [6.07, 6.45) is 8.93. The van der Waals surface area contributed by atoms with E-state index in [0.717, 1.165) is 48.7 Å². The molecule has 0 radical (unpaired) electrons. The average Bonchev–Trinajstić information content (AvgIpc) is 3.07. The summed E-state index contributed by atoms with van der Waals surface area (Å²) >= 11 is 0. The molecule has 0 aromatic carbocycles. The maximum absolute atomic E-state index is 9.13. The number of anilines is 2. The molecular weight excluding hydrogens is 320 g/mol. The van der Waals surface area contributed by atoms with Gasteiger partial charge in [0.15, 0.2) is 5.65 Å². The van der Waals surface area contributed by atoms with Gasteiger partial charge in [-0.05, 0) is 18.9 Å². The Kier molecular flexibility index (Phi) is 4.38. The lowest BCUT2D eigenvalue weighted by molar-refractivity contribution is 0.271. The molecule has 1 atom stereocenters. The molecule has 1 aliphatic heterocycles. The summed E-state index contributed by atoms with van der Waals surface area (Å²) in [6, 6.07) is 2.07. The Morgan fingerprint density at radius 2 is 2.08 bits per heavy atom. The van der Waals surface area contributed by atoms with Crippen molar-refractivity contribution in [3.8, 4) is 0 Å². The highest BCUT2D eigenvalue weighted by Crippen LogP contribution is 2.22. The highest BCUT2D eigenvalue weighted by molar-refractivity contribution is 5.86. The van der Waals surface area contributed by atoms with Crippen LogP contribution in [0.15, 0.2) is 31.0 Å². The van der Waals surface area contributed by atoms with Gasteiger partial charge in [0.2, 0.25) is 5.95 Å². The standard InChI is InChI=1S/C16H20N8O/c25-8-7-24-15-13(9-21-24)14(19-11-20-15)22-12-3-1-6-23(10-12)16-17-4-2-5-18-16/h2,4-5,9,11-12,25H,1,3,6-8,10H2,(H,19,20,22). The summed E-state index contributed by atoms with van der Waals surface area (Å²) in [5.41, 5.74) is 0.727. The molecule has 0 spiro atoms. The molecule has 1 unspecified atom stereocenters. The molecule has 0 aliphatic carbocycles. The Labute approximate surface area is 144 Å². The lowest BCUT2D eigenvalue weighted by Crippen LogP contribution is -2.43. The molecule has 0 amide bonds. The first-order chi connectivity index (χ1) is 12.3. The molecule has 9 heteroatoms. The van der Waals surface area contributed by atoms with E-state index >= 15 is 0 Å². The predicted molar refractivity (Wildman–Crippen MR) is 93.3 cm³/mol. The molecule has 3 aromatic rings. The van der Waals surface area contributed by atoms with Crippen molar-refractivity contribution in [1.29, 1.82) is 0 Å². The van der Waals surface area contributed by atoms with Crippen molar-refractivity contribution in [2.75, 3.05) is 29.9 Å². The van der Waals surface area contributed by atoms with Crippen LogP contribution in [0.2, 0.25) is 0 Å². The minimum absolute atomic E-state index is 0.0260. The van der Waals surface area contributed by atoms with Gasteiger partial charge in [0.05, 0.1) is 24.7 Å². The third kappa shape index (κ3) is 3.22. The minimum Gasteiger partial charge on any atom is -0.394 e. The lowest BCUT2D eigenvalue weighted by Gasteiger charge is -2.33. The topological polar surface area (TPSA) is 105 Å². The second-order valence-electron chi connectivity index (χ2n) is 6.03. The average molecular weight is 340 g/mol. The van der Waals surface area contributed by atoms with Crippen molar-refractivity contribution in [2.45, 2.75) is 25.4 Å². The van der Waals surface area contributed by atoms with Gasteiger partial charge < -0.3 is 15.3 Å². The summed E-state index contributed by atoms with van der Waals surface area (Å²) in [6.45, 7) is 2.22. The SMILES string of the molecule is OCCn1ncc2c(NC3CCCN(c4ncccn4)C3)ncnc21. The molecule has 3 aromatic heterocycles. The smallest absolute Gasteiger partial charge is 0.225 e. The molecule has 1 aliphatic rings. The van der Waals surface area contributed by atoms with E-state index in [1.54, 1.807) is 23.3 Å². The van der Waals surface area contributed by atoms with Crippen LogP contribution in [0.5, 0.6) is 0 Å². The van der Waals surface area contributed by atoms with Crippen molar-refractivity contribution in [1.82, 2.24) is 29.7 Å². The molecule has 9 nitrogen and oxygen atoms in total. The maximum Gasteiger partial charge on any atom is 0.225 e. The maximum atomic E-state index is 9.13. The second kappa shape index (κ2) is 6.98. The van der Waals surface area contributed by atoms with Crippen LogP contribution in [0.1, 0.15) is 12.8 Å². The molecular formula is C16H20N8O. The van der Waals surface area contributed by atoms with E-state index in [1.807, 2.05) is 6.07 Å². The molecule has 2 N–H and O–H groups in total. The number of nitrogens with zero attached hydrogens (tertiary/aromatic N) is 7. The number of hydrogen-bond donors (Lipinski definition) is 2. The fourth-order valence-electron chi connectivity index (χ4n) is 3.19. The highest BCUT2D eigenvalue weighted by atomic mass is 16.3. The van der Waals surface area contributed by atoms with Crippen LogP contribution < -0.4 is 10.2 Å². The second-order valence-corrected chi connectivity index (χ2v) is 6.03. The molecule has 130 valence electrons. The molecule has 4 heterocycles. The van der Waals surface area contributed by atoms with E-state index < -0.39 is 0 Å². The van der Waals surface area contributed by atoms with Crippen LogP contribution in [0.3, 0.4) is 0 Å². The van der Waals surface area contributed by atoms with Gasteiger partial charge >= 0.3 is 0 Å². The Hall–Kier alpha value is -2.81. The van der Waals surface area contributed by atoms with Crippen molar-refractivity contribution >= 4 is 22.8 Å². The number of piperidine rings is 1. The Bertz CT molecular complexity index is 837. The lowest BCUT2D eigenvalue weighted by atomic mass is 10.1. The first-order valence-corrected chi connectivity index (χ1v) is 8.41. The molecule has 0 bridgehead atoms. The quantitative estimate of drug-likeness (QED) is 0.699. The minimum atomic E-state index is 0.0260. The number of aromatic nitrogens is 6. The monoisotopic (exact) mass is 340 g/mol. The van der Waals surface area contributed by atoms with Gasteiger partial charge in [-0.15, -0.1) is 0 Å². The van der Waals surface area contributed by atoms with E-state index in [2.05, 4.69) is 35.3 Å². The van der Waals surface area contributed by atoms with Crippen LogP contribution >= 0.6 is 0 Å². The van der Waals surface area contributed by atoms with Crippen LogP contribution in [0.25, 0.3) is 11.0 Å². The van der Waals surface area contributed by atoms with Crippen molar-refractivity contribution in [2.24, 2.45) is 0 Å². The van der Waals surface area contributed by atoms with Crippen LogP contribution in [-0.2, 0) is 6.54 Å². The molecule has 1 saturated heterocycles. The Morgan fingerprint density at radius 3 is 2.92 bits per heavy atom. The highest BCUT2D eigenvalue weighted by Gasteiger charge is 2.22. The third-order valence-corrected chi connectivity index (χ3v) is 4.34. The van der Waals surface area contributed by atoms with E-state index in [0.29, 0.717) is 6.54 Å². The zero-order chi connectivity index (χ0) is 17.1. The Morgan fingerprint density at radius 1 is 1.20 bits per heavy atom. The number of aliphatic hydroxyl groups excluding tert-OH is 1. The fourth-order valence-corrected chi connectivity index (χ4v) is 3.19. The van der Waals surface area contributed by atoms with Crippen LogP contribution in [0.4, 0.5) is 11.8 Å². The summed E-state index contributed by atoms with van der Waals surface area (Å²) in [7, 11) is 0. The van der Waals surface area contributed by atoms with Crippen molar-refractivity contribution in [3.05, 3.63) is 31.0 Å². The third-order valence-electron chi connectivity index (χ3n) is 4.34. The van der Waals surface area contributed by atoms with Gasteiger partial charge in [0.1, 0.15) is 12.1 Å². The van der Waals surface area contributed by atoms with Crippen molar-refractivity contribution < 1.29 is 5.11 Å². The summed E-state index contributed by atoms with van der Waals surface area (Å²) < 4.78 is 1.69. The number of hydrogen-bond acceptors (Lipinski definition) is 8. The van der Waals surface area contributed by atoms with Gasteiger partial charge in [0.25, 0.3) is 0 Å². The van der Waals surface area contributed by atoms with E-state index in [-0.39, 0.29) is 12.6 Å². The van der Waals surface area contributed by atoms with Crippen LogP contribution in [0, 0.1) is 0 Å². The zero-order valence-corrected chi connectivity index (χ0v) is 13.8. The number of rotatable bonds is 5. The molecule has 25 heavy (non-hydrogen) atoms. The zero-order valence-electron chi connectivity index (χ0n) is 13.8. The Balaban J connectivity index is 1.53. The fraction of sp³-hybridized carbons (Fsp3) is 0.438. The number of aliphatic hydroxyl groups is 1. The van der Waals surface area contributed by atoms with E-state index in [9.17, 15) is 0 Å². The van der Waals surface area contributed by atoms with Crippen LogP contribution in [-0.4, -0.2) is 60.6 Å².